The van der Waals surface area contributed by atoms with Crippen molar-refractivity contribution in [3.63, 3.8) is 0 Å². The average Bonchev–Trinajstić information content (AvgIpc) is 3.03. The highest BCUT2D eigenvalue weighted by atomic mass is 16.5. The van der Waals surface area contributed by atoms with Crippen molar-refractivity contribution in [3.05, 3.63) is 35.5 Å². The normalized spacial score (nSPS) is 18.5. The van der Waals surface area contributed by atoms with E-state index in [0.29, 0.717) is 29.8 Å². The van der Waals surface area contributed by atoms with Crippen LogP contribution in [0.25, 0.3) is 0 Å². The number of aryl methyl sites for hydroxylation is 2. The van der Waals surface area contributed by atoms with Crippen molar-refractivity contribution in [3.8, 4) is 0 Å². The lowest BCUT2D eigenvalue weighted by atomic mass is 9.97. The second-order valence-corrected chi connectivity index (χ2v) is 5.48. The number of likely N-dealkylation sites (tertiary alicyclic amines) is 1. The number of piperidine rings is 1. The zero-order chi connectivity index (χ0) is 15.5. The first-order chi connectivity index (χ1) is 10.7. The third kappa shape index (κ3) is 2.98. The van der Waals surface area contributed by atoms with Gasteiger partial charge in [-0.05, 0) is 25.8 Å². The molecule has 22 heavy (non-hydrogen) atoms. The smallest absolute Gasteiger partial charge is 0.272 e. The van der Waals surface area contributed by atoms with Crippen LogP contribution in [0.4, 0.5) is 0 Å². The highest BCUT2D eigenvalue weighted by molar-refractivity contribution is 5.92. The highest BCUT2D eigenvalue weighted by Crippen LogP contribution is 2.25. The number of aromatic nitrogens is 4. The first kappa shape index (κ1) is 14.6. The van der Waals surface area contributed by atoms with E-state index in [1.54, 1.807) is 19.2 Å². The van der Waals surface area contributed by atoms with Gasteiger partial charge in [-0.15, -0.1) is 0 Å². The number of hydrogen-bond acceptors (Lipinski definition) is 6. The molecule has 2 aromatic heterocycles. The molecule has 0 N–H and O–H groups in total. The van der Waals surface area contributed by atoms with E-state index in [4.69, 9.17) is 4.52 Å². The van der Waals surface area contributed by atoms with E-state index in [1.165, 1.54) is 0 Å². The van der Waals surface area contributed by atoms with E-state index >= 15 is 0 Å². The van der Waals surface area contributed by atoms with Crippen LogP contribution in [0.1, 0.15) is 53.7 Å². The van der Waals surface area contributed by atoms with Gasteiger partial charge in [-0.25, -0.2) is 9.97 Å². The Kier molecular flexibility index (Phi) is 4.13. The lowest BCUT2D eigenvalue weighted by Crippen LogP contribution is -2.39. The standard InChI is InChI=1S/C15H19N5O2/c1-3-13-18-14(19-22-13)11-5-4-8-20(9-11)15(21)12-6-7-16-10(2)17-12/h6-7,11H,3-5,8-9H2,1-2H3/t11-/m0/s1. The van der Waals surface area contributed by atoms with Crippen molar-refractivity contribution in [2.45, 2.75) is 39.0 Å². The highest BCUT2D eigenvalue weighted by Gasteiger charge is 2.29. The largest absolute Gasteiger partial charge is 0.339 e. The molecule has 0 unspecified atom stereocenters. The molecule has 3 rings (SSSR count). The van der Waals surface area contributed by atoms with Gasteiger partial charge in [0.1, 0.15) is 11.5 Å². The Morgan fingerprint density at radius 3 is 3.05 bits per heavy atom. The molecule has 1 amide bonds. The van der Waals surface area contributed by atoms with Crippen LogP contribution in [0.2, 0.25) is 0 Å². The number of rotatable bonds is 3. The summed E-state index contributed by atoms with van der Waals surface area (Å²) in [4.78, 5) is 27.0. The molecule has 3 heterocycles. The van der Waals surface area contributed by atoms with Crippen LogP contribution >= 0.6 is 0 Å². The van der Waals surface area contributed by atoms with Gasteiger partial charge in [0.05, 0.1) is 0 Å². The Bertz CT molecular complexity index is 669. The minimum Gasteiger partial charge on any atom is -0.339 e. The van der Waals surface area contributed by atoms with Gasteiger partial charge >= 0.3 is 0 Å². The van der Waals surface area contributed by atoms with Crippen LogP contribution in [0, 0.1) is 6.92 Å². The molecule has 7 nitrogen and oxygen atoms in total. The minimum absolute atomic E-state index is 0.0607. The second-order valence-electron chi connectivity index (χ2n) is 5.48. The minimum atomic E-state index is -0.0607. The second kappa shape index (κ2) is 6.21. The van der Waals surface area contributed by atoms with Gasteiger partial charge in [0.25, 0.3) is 5.91 Å². The fraction of sp³-hybridized carbons (Fsp3) is 0.533. The number of amides is 1. The summed E-state index contributed by atoms with van der Waals surface area (Å²) < 4.78 is 5.18. The van der Waals surface area contributed by atoms with E-state index in [9.17, 15) is 4.79 Å². The summed E-state index contributed by atoms with van der Waals surface area (Å²) in [5.74, 6) is 2.02. The van der Waals surface area contributed by atoms with Gasteiger partial charge in [0.2, 0.25) is 5.89 Å². The molecule has 0 radical (unpaired) electrons. The van der Waals surface area contributed by atoms with Crippen LogP contribution in [-0.4, -0.2) is 44.0 Å². The van der Waals surface area contributed by atoms with E-state index < -0.39 is 0 Å². The van der Waals surface area contributed by atoms with Crippen LogP contribution < -0.4 is 0 Å². The van der Waals surface area contributed by atoms with Gasteiger partial charge in [0.15, 0.2) is 5.82 Å². The molecule has 0 bridgehead atoms. The van der Waals surface area contributed by atoms with Gasteiger partial charge in [-0.1, -0.05) is 12.1 Å². The lowest BCUT2D eigenvalue weighted by molar-refractivity contribution is 0.0697. The van der Waals surface area contributed by atoms with Gasteiger partial charge in [-0.3, -0.25) is 4.79 Å². The molecule has 1 aliphatic rings. The maximum atomic E-state index is 12.6. The van der Waals surface area contributed by atoms with Crippen LogP contribution in [0.3, 0.4) is 0 Å². The van der Waals surface area contributed by atoms with Crippen molar-refractivity contribution in [1.82, 2.24) is 25.0 Å². The Hall–Kier alpha value is -2.31. The Balaban J connectivity index is 1.73. The molecule has 0 aromatic carbocycles. The Morgan fingerprint density at radius 2 is 2.32 bits per heavy atom. The molecule has 2 aromatic rings. The van der Waals surface area contributed by atoms with Crippen LogP contribution in [0.5, 0.6) is 0 Å². The van der Waals surface area contributed by atoms with Crippen molar-refractivity contribution in [1.29, 1.82) is 0 Å². The number of nitrogens with zero attached hydrogens (tertiary/aromatic N) is 5. The molecule has 1 saturated heterocycles. The maximum Gasteiger partial charge on any atom is 0.272 e. The Labute approximate surface area is 128 Å². The third-order valence-corrected chi connectivity index (χ3v) is 3.86. The summed E-state index contributed by atoms with van der Waals surface area (Å²) in [7, 11) is 0. The first-order valence-corrected chi connectivity index (χ1v) is 7.58. The SMILES string of the molecule is CCc1nc([C@H]2CCCN(C(=O)c3ccnc(C)n3)C2)no1. The molecule has 1 fully saturated rings. The molecule has 0 spiro atoms. The topological polar surface area (TPSA) is 85.0 Å². The monoisotopic (exact) mass is 301 g/mol. The third-order valence-electron chi connectivity index (χ3n) is 3.86. The molecule has 1 aliphatic heterocycles. The predicted molar refractivity (Wildman–Crippen MR) is 78.3 cm³/mol. The average molecular weight is 301 g/mol. The fourth-order valence-electron chi connectivity index (χ4n) is 2.69. The molecule has 116 valence electrons. The zero-order valence-corrected chi connectivity index (χ0v) is 12.8. The molecule has 0 saturated carbocycles. The van der Waals surface area contributed by atoms with Gasteiger partial charge in [-0.2, -0.15) is 4.98 Å². The maximum absolute atomic E-state index is 12.6. The lowest BCUT2D eigenvalue weighted by Gasteiger charge is -2.31. The Morgan fingerprint density at radius 1 is 1.45 bits per heavy atom. The molecular weight excluding hydrogens is 282 g/mol. The molecular formula is C15H19N5O2. The predicted octanol–water partition coefficient (Wildman–Crippen LogP) is 1.75. The summed E-state index contributed by atoms with van der Waals surface area (Å²) in [5.41, 5.74) is 0.440. The van der Waals surface area contributed by atoms with Crippen molar-refractivity contribution >= 4 is 5.91 Å². The van der Waals surface area contributed by atoms with E-state index in [1.807, 2.05) is 11.8 Å². The van der Waals surface area contributed by atoms with Gasteiger partial charge < -0.3 is 9.42 Å². The van der Waals surface area contributed by atoms with E-state index in [-0.39, 0.29) is 11.8 Å². The van der Waals surface area contributed by atoms with Crippen molar-refractivity contribution in [2.24, 2.45) is 0 Å². The summed E-state index contributed by atoms with van der Waals surface area (Å²) in [5, 5.41) is 4.04. The number of hydrogen-bond donors (Lipinski definition) is 0. The quantitative estimate of drug-likeness (QED) is 0.858. The summed E-state index contributed by atoms with van der Waals surface area (Å²) in [6.45, 7) is 5.09. The van der Waals surface area contributed by atoms with E-state index in [2.05, 4.69) is 20.1 Å². The molecule has 0 aliphatic carbocycles. The number of carbonyl (C=O) groups is 1. The van der Waals surface area contributed by atoms with Gasteiger partial charge in [0, 0.05) is 31.6 Å². The van der Waals surface area contributed by atoms with E-state index in [0.717, 1.165) is 25.8 Å². The zero-order valence-electron chi connectivity index (χ0n) is 12.8. The number of carbonyl (C=O) groups excluding carboxylic acids is 1. The van der Waals surface area contributed by atoms with Crippen molar-refractivity contribution < 1.29 is 9.32 Å². The van der Waals surface area contributed by atoms with Crippen LogP contribution in [0.15, 0.2) is 16.8 Å². The first-order valence-electron chi connectivity index (χ1n) is 7.58. The summed E-state index contributed by atoms with van der Waals surface area (Å²) in [6, 6.07) is 1.66. The van der Waals surface area contributed by atoms with Crippen LogP contribution in [-0.2, 0) is 6.42 Å². The molecule has 7 heteroatoms. The van der Waals surface area contributed by atoms with Crippen molar-refractivity contribution in [2.75, 3.05) is 13.1 Å². The summed E-state index contributed by atoms with van der Waals surface area (Å²) in [6.07, 6.45) is 4.23. The fourth-order valence-corrected chi connectivity index (χ4v) is 2.69. The molecule has 1 atom stereocenters. The summed E-state index contributed by atoms with van der Waals surface area (Å²) >= 11 is 0.